The molecule has 0 aromatic heterocycles. The van der Waals surface area contributed by atoms with Gasteiger partial charge in [0.05, 0.1) is 0 Å². The molecule has 100 valence electrons. The van der Waals surface area contributed by atoms with E-state index in [4.69, 9.17) is 0 Å². The van der Waals surface area contributed by atoms with Gasteiger partial charge in [0, 0.05) is 32.2 Å². The van der Waals surface area contributed by atoms with Gasteiger partial charge in [-0.1, -0.05) is 6.92 Å². The van der Waals surface area contributed by atoms with E-state index in [9.17, 15) is 9.90 Å². The smallest absolute Gasteiger partial charge is 0.324 e. The average Bonchev–Trinajstić information content (AvgIpc) is 2.29. The quantitative estimate of drug-likeness (QED) is 0.716. The van der Waals surface area contributed by atoms with E-state index in [0.29, 0.717) is 12.6 Å². The van der Waals surface area contributed by atoms with E-state index < -0.39 is 11.5 Å². The Hall–Kier alpha value is -0.650. The zero-order valence-electron chi connectivity index (χ0n) is 11.4. The molecule has 0 radical (unpaired) electrons. The summed E-state index contributed by atoms with van der Waals surface area (Å²) in [5.74, 6) is -0.787. The van der Waals surface area contributed by atoms with Crippen molar-refractivity contribution in [2.24, 2.45) is 0 Å². The fourth-order valence-corrected chi connectivity index (χ4v) is 2.38. The molecule has 1 heterocycles. The fraction of sp³-hybridized carbons (Fsp3) is 0.917. The van der Waals surface area contributed by atoms with Crippen molar-refractivity contribution in [1.29, 1.82) is 0 Å². The fourth-order valence-electron chi connectivity index (χ4n) is 2.38. The molecule has 1 aliphatic rings. The number of carboxylic acid groups (broad SMARTS) is 1. The molecule has 1 aliphatic heterocycles. The molecule has 0 amide bonds. The van der Waals surface area contributed by atoms with Crippen molar-refractivity contribution >= 4 is 5.97 Å². The van der Waals surface area contributed by atoms with Crippen molar-refractivity contribution in [3.8, 4) is 0 Å². The summed E-state index contributed by atoms with van der Waals surface area (Å²) < 4.78 is 0. The minimum absolute atomic E-state index is 0.503. The first kappa shape index (κ1) is 14.4. The lowest BCUT2D eigenvalue weighted by Crippen LogP contribution is -2.60. The van der Waals surface area contributed by atoms with Gasteiger partial charge in [0.1, 0.15) is 5.54 Å². The van der Waals surface area contributed by atoms with Crippen LogP contribution in [0.4, 0.5) is 0 Å². The van der Waals surface area contributed by atoms with Gasteiger partial charge >= 0.3 is 5.97 Å². The van der Waals surface area contributed by atoms with Crippen LogP contribution in [0.3, 0.4) is 0 Å². The van der Waals surface area contributed by atoms with Gasteiger partial charge in [-0.05, 0) is 27.4 Å². The number of nitrogens with zero attached hydrogens (tertiary/aromatic N) is 2. The van der Waals surface area contributed by atoms with Crippen molar-refractivity contribution in [3.05, 3.63) is 0 Å². The number of piperazine rings is 1. The summed E-state index contributed by atoms with van der Waals surface area (Å²) in [5.41, 5.74) is -0.853. The van der Waals surface area contributed by atoms with Gasteiger partial charge in [-0.25, -0.2) is 0 Å². The molecule has 1 rings (SSSR count). The van der Waals surface area contributed by atoms with Crippen molar-refractivity contribution in [2.75, 3.05) is 39.8 Å². The molecule has 0 saturated carbocycles. The van der Waals surface area contributed by atoms with E-state index in [2.05, 4.69) is 29.0 Å². The zero-order chi connectivity index (χ0) is 13.1. The third-order valence-electron chi connectivity index (χ3n) is 3.82. The van der Waals surface area contributed by atoms with E-state index in [-0.39, 0.29) is 0 Å². The van der Waals surface area contributed by atoms with Gasteiger partial charge in [-0.15, -0.1) is 0 Å². The normalized spacial score (nSPS) is 26.7. The van der Waals surface area contributed by atoms with Crippen molar-refractivity contribution < 1.29 is 9.90 Å². The topological polar surface area (TPSA) is 55.8 Å². The van der Waals surface area contributed by atoms with Crippen LogP contribution in [-0.4, -0.2) is 72.2 Å². The van der Waals surface area contributed by atoms with Crippen molar-refractivity contribution in [1.82, 2.24) is 15.1 Å². The van der Waals surface area contributed by atoms with Crippen LogP contribution in [0.15, 0.2) is 0 Å². The SMILES string of the molecule is CCN1CCN(CC(C)(NC)C(=O)O)CC1C. The summed E-state index contributed by atoms with van der Waals surface area (Å²) in [7, 11) is 1.71. The summed E-state index contributed by atoms with van der Waals surface area (Å²) >= 11 is 0. The van der Waals surface area contributed by atoms with Crippen LogP contribution in [0.2, 0.25) is 0 Å². The highest BCUT2D eigenvalue weighted by molar-refractivity contribution is 5.78. The first-order valence-corrected chi connectivity index (χ1v) is 6.31. The highest BCUT2D eigenvalue weighted by Gasteiger charge is 2.35. The minimum atomic E-state index is -0.853. The van der Waals surface area contributed by atoms with Crippen LogP contribution < -0.4 is 5.32 Å². The first-order valence-electron chi connectivity index (χ1n) is 6.31. The molecule has 0 aromatic carbocycles. The van der Waals surface area contributed by atoms with E-state index in [0.717, 1.165) is 26.2 Å². The molecule has 5 heteroatoms. The number of hydrogen-bond donors (Lipinski definition) is 2. The molecule has 2 atom stereocenters. The molecular weight excluding hydrogens is 218 g/mol. The number of likely N-dealkylation sites (N-methyl/N-ethyl adjacent to an activating group) is 2. The molecule has 2 unspecified atom stereocenters. The molecule has 1 saturated heterocycles. The monoisotopic (exact) mass is 243 g/mol. The summed E-state index contributed by atoms with van der Waals surface area (Å²) in [6.45, 7) is 10.6. The first-order chi connectivity index (χ1) is 7.92. The maximum atomic E-state index is 11.2. The molecule has 17 heavy (non-hydrogen) atoms. The van der Waals surface area contributed by atoms with E-state index in [1.165, 1.54) is 0 Å². The van der Waals surface area contributed by atoms with Crippen LogP contribution in [0.25, 0.3) is 0 Å². The molecule has 0 aliphatic carbocycles. The summed E-state index contributed by atoms with van der Waals surface area (Å²) in [6, 6.07) is 0.503. The number of aliphatic carboxylic acids is 1. The van der Waals surface area contributed by atoms with Crippen LogP contribution in [0.1, 0.15) is 20.8 Å². The second-order valence-corrected chi connectivity index (χ2v) is 5.10. The average molecular weight is 243 g/mol. The van der Waals surface area contributed by atoms with Crippen LogP contribution in [0.5, 0.6) is 0 Å². The second kappa shape index (κ2) is 5.80. The van der Waals surface area contributed by atoms with Crippen LogP contribution >= 0.6 is 0 Å². The third kappa shape index (κ3) is 3.40. The number of hydrogen-bond acceptors (Lipinski definition) is 4. The molecule has 0 aromatic rings. The summed E-state index contributed by atoms with van der Waals surface area (Å²) in [6.07, 6.45) is 0. The highest BCUT2D eigenvalue weighted by atomic mass is 16.4. The van der Waals surface area contributed by atoms with E-state index in [1.807, 2.05) is 0 Å². The maximum absolute atomic E-state index is 11.2. The molecule has 5 nitrogen and oxygen atoms in total. The number of nitrogens with one attached hydrogen (secondary N) is 1. The Bertz CT molecular complexity index is 272. The largest absolute Gasteiger partial charge is 0.480 e. The molecule has 2 N–H and O–H groups in total. The van der Waals surface area contributed by atoms with Gasteiger partial charge in [0.15, 0.2) is 0 Å². The Morgan fingerprint density at radius 2 is 2.18 bits per heavy atom. The Morgan fingerprint density at radius 3 is 2.59 bits per heavy atom. The molecule has 0 spiro atoms. The Balaban J connectivity index is 2.56. The molecule has 0 bridgehead atoms. The number of rotatable bonds is 5. The van der Waals surface area contributed by atoms with Gasteiger partial charge < -0.3 is 10.4 Å². The standard InChI is InChI=1S/C12H25N3O2/c1-5-15-7-6-14(8-10(15)2)9-12(3,13-4)11(16)17/h10,13H,5-9H2,1-4H3,(H,16,17). The zero-order valence-corrected chi connectivity index (χ0v) is 11.4. The number of carbonyl (C=O) groups is 1. The Labute approximate surface area is 104 Å². The predicted octanol–water partition coefficient (Wildman–Crippen LogP) is 0.0751. The summed E-state index contributed by atoms with van der Waals surface area (Å²) in [5, 5.41) is 12.1. The van der Waals surface area contributed by atoms with Gasteiger partial charge in [-0.2, -0.15) is 0 Å². The lowest BCUT2D eigenvalue weighted by Gasteiger charge is -2.42. The third-order valence-corrected chi connectivity index (χ3v) is 3.82. The molecule has 1 fully saturated rings. The maximum Gasteiger partial charge on any atom is 0.324 e. The Kier molecular flexibility index (Phi) is 4.91. The van der Waals surface area contributed by atoms with Gasteiger partial charge in [0.2, 0.25) is 0 Å². The van der Waals surface area contributed by atoms with Crippen molar-refractivity contribution in [3.63, 3.8) is 0 Å². The van der Waals surface area contributed by atoms with Crippen LogP contribution in [-0.2, 0) is 4.79 Å². The van der Waals surface area contributed by atoms with Gasteiger partial charge in [0.25, 0.3) is 0 Å². The number of carboxylic acids is 1. The van der Waals surface area contributed by atoms with E-state index in [1.54, 1.807) is 14.0 Å². The summed E-state index contributed by atoms with van der Waals surface area (Å²) in [4.78, 5) is 15.9. The van der Waals surface area contributed by atoms with E-state index >= 15 is 0 Å². The van der Waals surface area contributed by atoms with Crippen molar-refractivity contribution in [2.45, 2.75) is 32.4 Å². The molecular formula is C12H25N3O2. The lowest BCUT2D eigenvalue weighted by atomic mass is 10.0. The second-order valence-electron chi connectivity index (χ2n) is 5.10. The highest BCUT2D eigenvalue weighted by Crippen LogP contribution is 2.13. The van der Waals surface area contributed by atoms with Crippen LogP contribution in [0, 0.1) is 0 Å². The predicted molar refractivity (Wildman–Crippen MR) is 68.2 cm³/mol. The lowest BCUT2D eigenvalue weighted by molar-refractivity contribution is -0.145. The van der Waals surface area contributed by atoms with Gasteiger partial charge in [-0.3, -0.25) is 14.6 Å². The minimum Gasteiger partial charge on any atom is -0.480 e. The Morgan fingerprint density at radius 1 is 1.53 bits per heavy atom.